The Morgan fingerprint density at radius 2 is 1.89 bits per heavy atom. The summed E-state index contributed by atoms with van der Waals surface area (Å²) >= 11 is 1.38. The van der Waals surface area contributed by atoms with Crippen molar-refractivity contribution in [3.8, 4) is 28.0 Å². The molecule has 6 nitrogen and oxygen atoms in total. The highest BCUT2D eigenvalue weighted by Crippen LogP contribution is 2.38. The molecule has 0 bridgehead atoms. The van der Waals surface area contributed by atoms with Crippen LogP contribution in [0.25, 0.3) is 22.0 Å². The number of nitrogens with zero attached hydrogens (tertiary/aromatic N) is 4. The Bertz CT molecular complexity index is 1170. The first-order chi connectivity index (χ1) is 13.7. The van der Waals surface area contributed by atoms with Crippen molar-refractivity contribution >= 4 is 22.4 Å². The Morgan fingerprint density at radius 3 is 2.54 bits per heavy atom. The van der Waals surface area contributed by atoms with E-state index in [1.807, 2.05) is 54.2 Å². The molecule has 28 heavy (non-hydrogen) atoms. The number of rotatable bonds is 4. The van der Waals surface area contributed by atoms with Crippen molar-refractivity contribution in [1.82, 2.24) is 14.5 Å². The minimum atomic E-state index is -0.274. The fraction of sp³-hybridized carbons (Fsp3) is 0.0476. The maximum Gasteiger partial charge on any atom is 0.257 e. The van der Waals surface area contributed by atoms with Crippen molar-refractivity contribution in [2.24, 2.45) is 7.05 Å². The van der Waals surface area contributed by atoms with Crippen molar-refractivity contribution in [2.75, 3.05) is 5.32 Å². The third-order valence-electron chi connectivity index (χ3n) is 4.20. The van der Waals surface area contributed by atoms with Crippen molar-refractivity contribution in [3.63, 3.8) is 0 Å². The second-order valence-electron chi connectivity index (χ2n) is 6.07. The van der Waals surface area contributed by atoms with Gasteiger partial charge in [0, 0.05) is 30.6 Å². The molecule has 1 N–H and O–H groups in total. The molecule has 2 heterocycles. The maximum absolute atomic E-state index is 12.6. The lowest BCUT2D eigenvalue weighted by atomic mass is 10.1. The summed E-state index contributed by atoms with van der Waals surface area (Å²) in [5.41, 5.74) is 2.70. The second-order valence-corrected chi connectivity index (χ2v) is 7.07. The lowest BCUT2D eigenvalue weighted by Crippen LogP contribution is -2.11. The van der Waals surface area contributed by atoms with Gasteiger partial charge in [-0.3, -0.25) is 10.1 Å². The van der Waals surface area contributed by atoms with Gasteiger partial charge < -0.3 is 4.57 Å². The van der Waals surface area contributed by atoms with Gasteiger partial charge >= 0.3 is 0 Å². The number of aromatic nitrogens is 3. The summed E-state index contributed by atoms with van der Waals surface area (Å²) in [7, 11) is 1.92. The molecule has 0 saturated heterocycles. The molecule has 2 aromatic carbocycles. The highest BCUT2D eigenvalue weighted by atomic mass is 32.1. The molecule has 0 saturated carbocycles. The lowest BCUT2D eigenvalue weighted by molar-refractivity contribution is 0.102. The second kappa shape index (κ2) is 7.47. The van der Waals surface area contributed by atoms with Crippen LogP contribution >= 0.6 is 11.3 Å². The van der Waals surface area contributed by atoms with Gasteiger partial charge in [0.25, 0.3) is 5.91 Å². The molecule has 0 aliphatic carbocycles. The van der Waals surface area contributed by atoms with Crippen LogP contribution in [0.4, 0.5) is 5.13 Å². The zero-order valence-electron chi connectivity index (χ0n) is 15.0. The summed E-state index contributed by atoms with van der Waals surface area (Å²) in [6.07, 6.45) is 3.61. The van der Waals surface area contributed by atoms with Gasteiger partial charge in [-0.25, -0.2) is 9.97 Å². The number of hydrogen-bond acceptors (Lipinski definition) is 5. The summed E-state index contributed by atoms with van der Waals surface area (Å²) in [6, 6.07) is 18.3. The molecule has 0 fully saturated rings. The van der Waals surface area contributed by atoms with Gasteiger partial charge in [0.1, 0.15) is 0 Å². The average Bonchev–Trinajstić information content (AvgIpc) is 3.34. The third kappa shape index (κ3) is 3.41. The zero-order valence-corrected chi connectivity index (χ0v) is 15.8. The van der Waals surface area contributed by atoms with E-state index in [-0.39, 0.29) is 5.91 Å². The molecule has 7 heteroatoms. The Hall–Kier alpha value is -3.76. The monoisotopic (exact) mass is 385 g/mol. The largest absolute Gasteiger partial charge is 0.333 e. The first-order valence-corrected chi connectivity index (χ1v) is 9.33. The number of nitrogens with one attached hydrogen (secondary N) is 1. The number of aryl methyl sites for hydroxylation is 1. The third-order valence-corrected chi connectivity index (χ3v) is 5.16. The normalized spacial score (nSPS) is 10.4. The molecule has 136 valence electrons. The number of nitriles is 1. The first kappa shape index (κ1) is 17.6. The number of anilines is 1. The Balaban J connectivity index is 1.70. The summed E-state index contributed by atoms with van der Waals surface area (Å²) in [4.78, 5) is 22.5. The number of amides is 1. The predicted molar refractivity (Wildman–Crippen MR) is 109 cm³/mol. The molecule has 0 spiro atoms. The van der Waals surface area contributed by atoms with E-state index in [2.05, 4.69) is 15.3 Å². The molecule has 0 unspecified atom stereocenters. The van der Waals surface area contributed by atoms with Gasteiger partial charge in [-0.2, -0.15) is 5.26 Å². The molecule has 4 aromatic rings. The lowest BCUT2D eigenvalue weighted by Gasteiger charge is -2.02. The van der Waals surface area contributed by atoms with E-state index in [9.17, 15) is 4.79 Å². The summed E-state index contributed by atoms with van der Waals surface area (Å²) < 4.78 is 1.92. The topological polar surface area (TPSA) is 83.6 Å². The van der Waals surface area contributed by atoms with E-state index >= 15 is 0 Å². The number of benzene rings is 2. The van der Waals surface area contributed by atoms with E-state index in [0.717, 1.165) is 22.0 Å². The number of hydrogen-bond donors (Lipinski definition) is 1. The zero-order chi connectivity index (χ0) is 19.5. The SMILES string of the molecule is Cn1ccnc1-c1sc(NC(=O)c2ccc(C#N)cc2)nc1-c1ccccc1. The van der Waals surface area contributed by atoms with E-state index in [0.29, 0.717) is 16.3 Å². The maximum atomic E-state index is 12.6. The molecule has 2 aromatic heterocycles. The van der Waals surface area contributed by atoms with E-state index in [4.69, 9.17) is 5.26 Å². The number of thiazole rings is 1. The van der Waals surface area contributed by atoms with Crippen LogP contribution in [0.3, 0.4) is 0 Å². The van der Waals surface area contributed by atoms with Crippen molar-refractivity contribution in [2.45, 2.75) is 0 Å². The van der Waals surface area contributed by atoms with Gasteiger partial charge in [-0.1, -0.05) is 41.7 Å². The molecule has 0 aliphatic rings. The smallest absolute Gasteiger partial charge is 0.257 e. The summed E-state index contributed by atoms with van der Waals surface area (Å²) in [5.74, 6) is 0.513. The first-order valence-electron chi connectivity index (χ1n) is 8.51. The fourth-order valence-corrected chi connectivity index (χ4v) is 3.79. The van der Waals surface area contributed by atoms with Gasteiger partial charge in [0.05, 0.1) is 22.2 Å². The Morgan fingerprint density at radius 1 is 1.14 bits per heavy atom. The molecular weight excluding hydrogens is 370 g/mol. The van der Waals surface area contributed by atoms with E-state index in [1.54, 1.807) is 30.5 Å². The minimum absolute atomic E-state index is 0.274. The van der Waals surface area contributed by atoms with Crippen LogP contribution in [0.5, 0.6) is 0 Å². The van der Waals surface area contributed by atoms with Gasteiger partial charge in [-0.05, 0) is 24.3 Å². The molecule has 0 atom stereocenters. The van der Waals surface area contributed by atoms with Gasteiger partial charge in [-0.15, -0.1) is 0 Å². The molecule has 0 aliphatic heterocycles. The number of imidazole rings is 1. The van der Waals surface area contributed by atoms with Gasteiger partial charge in [0.2, 0.25) is 0 Å². The van der Waals surface area contributed by atoms with Crippen LogP contribution in [-0.4, -0.2) is 20.4 Å². The predicted octanol–water partition coefficient (Wildman–Crippen LogP) is 4.33. The van der Waals surface area contributed by atoms with Gasteiger partial charge in [0.15, 0.2) is 11.0 Å². The highest BCUT2D eigenvalue weighted by Gasteiger charge is 2.19. The number of carbonyl (C=O) groups is 1. The van der Waals surface area contributed by atoms with E-state index < -0.39 is 0 Å². The quantitative estimate of drug-likeness (QED) is 0.567. The highest BCUT2D eigenvalue weighted by molar-refractivity contribution is 7.19. The van der Waals surface area contributed by atoms with Crippen LogP contribution in [0.2, 0.25) is 0 Å². The van der Waals surface area contributed by atoms with Crippen molar-refractivity contribution in [1.29, 1.82) is 5.26 Å². The number of carbonyl (C=O) groups excluding carboxylic acids is 1. The van der Waals surface area contributed by atoms with Crippen molar-refractivity contribution < 1.29 is 4.79 Å². The van der Waals surface area contributed by atoms with Crippen LogP contribution in [0.1, 0.15) is 15.9 Å². The summed E-state index contributed by atoms with van der Waals surface area (Å²) in [6.45, 7) is 0. The molecule has 0 radical (unpaired) electrons. The van der Waals surface area contributed by atoms with Crippen LogP contribution in [0.15, 0.2) is 67.0 Å². The van der Waals surface area contributed by atoms with Crippen molar-refractivity contribution in [3.05, 3.63) is 78.1 Å². The Kier molecular flexibility index (Phi) is 4.70. The molecule has 4 rings (SSSR count). The standard InChI is InChI=1S/C21H15N5OS/c1-26-12-11-23-19(26)18-17(15-5-3-2-4-6-15)24-21(28-18)25-20(27)16-9-7-14(13-22)8-10-16/h2-12H,1H3,(H,24,25,27). The molecule has 1 amide bonds. The Labute approximate surface area is 165 Å². The molecular formula is C21H15N5OS. The average molecular weight is 385 g/mol. The van der Waals surface area contributed by atoms with Crippen LogP contribution in [-0.2, 0) is 7.05 Å². The fourth-order valence-electron chi connectivity index (χ4n) is 2.77. The van der Waals surface area contributed by atoms with Crippen LogP contribution in [0, 0.1) is 11.3 Å². The summed E-state index contributed by atoms with van der Waals surface area (Å²) in [5, 5.41) is 12.2. The minimum Gasteiger partial charge on any atom is -0.333 e. The van der Waals surface area contributed by atoms with E-state index in [1.165, 1.54) is 11.3 Å². The van der Waals surface area contributed by atoms with Crippen LogP contribution < -0.4 is 5.32 Å².